The van der Waals surface area contributed by atoms with Crippen LogP contribution in [0.5, 0.6) is 0 Å². The van der Waals surface area contributed by atoms with Crippen molar-refractivity contribution in [2.75, 3.05) is 18.4 Å². The topological polar surface area (TPSA) is 44.3 Å². The van der Waals surface area contributed by atoms with E-state index in [-0.39, 0.29) is 6.04 Å². The van der Waals surface area contributed by atoms with Crippen LogP contribution in [0, 0.1) is 5.92 Å². The van der Waals surface area contributed by atoms with Crippen molar-refractivity contribution in [3.63, 3.8) is 0 Å². The minimum absolute atomic E-state index is 0.185. The maximum Gasteiger partial charge on any atom is 0.0897 e. The molecule has 3 rings (SSSR count). The first-order valence-electron chi connectivity index (χ1n) is 6.98. The summed E-state index contributed by atoms with van der Waals surface area (Å²) >= 11 is 0. The fraction of sp³-hybridized carbons (Fsp3) is 0.600. The summed E-state index contributed by atoms with van der Waals surface area (Å²) in [4.78, 5) is 0. The molecule has 0 aromatic heterocycles. The molecule has 3 nitrogen and oxygen atoms in total. The van der Waals surface area contributed by atoms with E-state index in [9.17, 15) is 5.11 Å². The summed E-state index contributed by atoms with van der Waals surface area (Å²) in [6, 6.07) is 8.63. The number of fused-ring (bicyclic) bond motifs is 1. The van der Waals surface area contributed by atoms with Crippen molar-refractivity contribution in [2.45, 2.75) is 37.8 Å². The number of hydrogen-bond donors (Lipinski definition) is 3. The van der Waals surface area contributed by atoms with Crippen LogP contribution in [0.25, 0.3) is 0 Å². The standard InChI is InChI=1S/C15H22N2O/c1-11-10-16-9-8-15(11,18)14-7-6-12-4-2-3-5-13(12)17-14/h2-5,11,14,16-18H,6-10H2,1H3. The van der Waals surface area contributed by atoms with Gasteiger partial charge in [0.2, 0.25) is 0 Å². The van der Waals surface area contributed by atoms with Crippen LogP contribution >= 0.6 is 0 Å². The molecule has 2 aliphatic heterocycles. The highest BCUT2D eigenvalue weighted by atomic mass is 16.3. The summed E-state index contributed by atoms with van der Waals surface area (Å²) in [5.74, 6) is 0.300. The number of rotatable bonds is 1. The molecule has 2 aliphatic rings. The van der Waals surface area contributed by atoms with E-state index in [4.69, 9.17) is 0 Å². The van der Waals surface area contributed by atoms with Crippen LogP contribution in [0.4, 0.5) is 5.69 Å². The van der Waals surface area contributed by atoms with Crippen LogP contribution in [-0.2, 0) is 6.42 Å². The zero-order valence-corrected chi connectivity index (χ0v) is 10.9. The van der Waals surface area contributed by atoms with Gasteiger partial charge in [0.25, 0.3) is 0 Å². The third-order valence-electron chi connectivity index (χ3n) is 4.66. The molecule has 1 fully saturated rings. The lowest BCUT2D eigenvalue weighted by Gasteiger charge is -2.46. The summed E-state index contributed by atoms with van der Waals surface area (Å²) in [7, 11) is 0. The average molecular weight is 246 g/mol. The Labute approximate surface area is 109 Å². The Morgan fingerprint density at radius 2 is 2.17 bits per heavy atom. The SMILES string of the molecule is CC1CNCCC1(O)C1CCc2ccccc2N1. The predicted molar refractivity (Wildman–Crippen MR) is 73.8 cm³/mol. The average Bonchev–Trinajstić information content (AvgIpc) is 2.42. The molecule has 0 aliphatic carbocycles. The molecule has 3 heteroatoms. The monoisotopic (exact) mass is 246 g/mol. The van der Waals surface area contributed by atoms with Crippen LogP contribution in [0.15, 0.2) is 24.3 Å². The largest absolute Gasteiger partial charge is 0.387 e. The third-order valence-corrected chi connectivity index (χ3v) is 4.66. The number of aryl methyl sites for hydroxylation is 1. The number of piperidine rings is 1. The molecule has 1 aromatic rings. The van der Waals surface area contributed by atoms with Crippen molar-refractivity contribution < 1.29 is 5.11 Å². The Bertz CT molecular complexity index is 434. The number of hydrogen-bond acceptors (Lipinski definition) is 3. The first-order valence-corrected chi connectivity index (χ1v) is 6.98. The first kappa shape index (κ1) is 12.0. The van der Waals surface area contributed by atoms with Gasteiger partial charge in [0.1, 0.15) is 0 Å². The molecule has 0 radical (unpaired) electrons. The number of anilines is 1. The van der Waals surface area contributed by atoms with E-state index in [0.717, 1.165) is 32.4 Å². The zero-order chi connectivity index (χ0) is 12.6. The van der Waals surface area contributed by atoms with Gasteiger partial charge in [-0.3, -0.25) is 0 Å². The Balaban J connectivity index is 1.82. The predicted octanol–water partition coefficient (Wildman–Crippen LogP) is 1.77. The fourth-order valence-electron chi connectivity index (χ4n) is 3.36. The zero-order valence-electron chi connectivity index (χ0n) is 10.9. The van der Waals surface area contributed by atoms with Crippen molar-refractivity contribution >= 4 is 5.69 Å². The molecule has 3 atom stereocenters. The number of aliphatic hydroxyl groups is 1. The summed E-state index contributed by atoms with van der Waals surface area (Å²) in [5.41, 5.74) is 2.01. The molecule has 0 saturated carbocycles. The lowest BCUT2D eigenvalue weighted by Crippen LogP contribution is -2.59. The molecular formula is C15H22N2O. The van der Waals surface area contributed by atoms with Gasteiger partial charge in [-0.2, -0.15) is 0 Å². The van der Waals surface area contributed by atoms with Crippen LogP contribution in [0.3, 0.4) is 0 Å². The minimum Gasteiger partial charge on any atom is -0.387 e. The van der Waals surface area contributed by atoms with Gasteiger partial charge in [0.15, 0.2) is 0 Å². The van der Waals surface area contributed by atoms with Gasteiger partial charge in [-0.25, -0.2) is 0 Å². The lowest BCUT2D eigenvalue weighted by atomic mass is 9.74. The highest BCUT2D eigenvalue weighted by Crippen LogP contribution is 2.35. The Hall–Kier alpha value is -1.06. The van der Waals surface area contributed by atoms with Crippen molar-refractivity contribution in [3.8, 4) is 0 Å². The van der Waals surface area contributed by atoms with Gasteiger partial charge in [0.05, 0.1) is 11.6 Å². The van der Waals surface area contributed by atoms with Crippen LogP contribution < -0.4 is 10.6 Å². The van der Waals surface area contributed by atoms with E-state index >= 15 is 0 Å². The fourth-order valence-corrected chi connectivity index (χ4v) is 3.36. The van der Waals surface area contributed by atoms with Crippen molar-refractivity contribution in [3.05, 3.63) is 29.8 Å². The summed E-state index contributed by atoms with van der Waals surface area (Å²) in [5, 5.41) is 17.9. The Morgan fingerprint density at radius 3 is 3.00 bits per heavy atom. The molecule has 0 amide bonds. The molecular weight excluding hydrogens is 224 g/mol. The van der Waals surface area contributed by atoms with E-state index in [1.807, 2.05) is 0 Å². The highest BCUT2D eigenvalue weighted by Gasteiger charge is 2.44. The van der Waals surface area contributed by atoms with Crippen molar-refractivity contribution in [1.82, 2.24) is 5.32 Å². The Kier molecular flexibility index (Phi) is 3.04. The molecule has 98 valence electrons. The van der Waals surface area contributed by atoms with Gasteiger partial charge in [-0.1, -0.05) is 25.1 Å². The molecule has 3 unspecified atom stereocenters. The normalized spacial score (nSPS) is 35.7. The van der Waals surface area contributed by atoms with Crippen LogP contribution in [-0.4, -0.2) is 29.8 Å². The van der Waals surface area contributed by atoms with Crippen LogP contribution in [0.1, 0.15) is 25.3 Å². The molecule has 1 aromatic carbocycles. The second kappa shape index (κ2) is 4.56. The van der Waals surface area contributed by atoms with Crippen molar-refractivity contribution in [1.29, 1.82) is 0 Å². The van der Waals surface area contributed by atoms with Crippen LogP contribution in [0.2, 0.25) is 0 Å². The highest BCUT2D eigenvalue weighted by molar-refractivity contribution is 5.54. The summed E-state index contributed by atoms with van der Waals surface area (Å²) in [6.45, 7) is 3.98. The van der Waals surface area contributed by atoms with Crippen molar-refractivity contribution in [2.24, 2.45) is 5.92 Å². The van der Waals surface area contributed by atoms with E-state index in [1.165, 1.54) is 11.3 Å². The number of para-hydroxylation sites is 1. The second-order valence-corrected chi connectivity index (χ2v) is 5.74. The summed E-state index contributed by atoms with van der Waals surface area (Å²) < 4.78 is 0. The van der Waals surface area contributed by atoms with Gasteiger partial charge >= 0.3 is 0 Å². The van der Waals surface area contributed by atoms with E-state index in [2.05, 4.69) is 41.8 Å². The number of nitrogens with one attached hydrogen (secondary N) is 2. The van der Waals surface area contributed by atoms with Gasteiger partial charge in [-0.15, -0.1) is 0 Å². The summed E-state index contributed by atoms with van der Waals surface area (Å²) in [6.07, 6.45) is 2.93. The number of benzene rings is 1. The lowest BCUT2D eigenvalue weighted by molar-refractivity contribution is -0.0516. The maximum absolute atomic E-state index is 11.0. The van der Waals surface area contributed by atoms with E-state index in [0.29, 0.717) is 5.92 Å². The van der Waals surface area contributed by atoms with Gasteiger partial charge < -0.3 is 15.7 Å². The third kappa shape index (κ3) is 1.91. The molecule has 3 N–H and O–H groups in total. The van der Waals surface area contributed by atoms with Gasteiger partial charge in [-0.05, 0) is 43.4 Å². The first-order chi connectivity index (χ1) is 8.70. The Morgan fingerprint density at radius 1 is 1.33 bits per heavy atom. The molecule has 0 bridgehead atoms. The smallest absolute Gasteiger partial charge is 0.0897 e. The van der Waals surface area contributed by atoms with E-state index < -0.39 is 5.60 Å². The molecule has 0 spiro atoms. The maximum atomic E-state index is 11.0. The minimum atomic E-state index is -0.571. The molecule has 18 heavy (non-hydrogen) atoms. The second-order valence-electron chi connectivity index (χ2n) is 5.74. The quantitative estimate of drug-likeness (QED) is 0.707. The van der Waals surface area contributed by atoms with E-state index in [1.54, 1.807) is 0 Å². The molecule has 2 heterocycles. The molecule has 1 saturated heterocycles. The van der Waals surface area contributed by atoms with Gasteiger partial charge in [0, 0.05) is 12.2 Å².